The fourth-order valence-electron chi connectivity index (χ4n) is 1.51. The van der Waals surface area contributed by atoms with Gasteiger partial charge in [0.05, 0.1) is 11.6 Å². The lowest BCUT2D eigenvalue weighted by molar-refractivity contribution is -0.120. The van der Waals surface area contributed by atoms with Crippen LogP contribution in [0.2, 0.25) is 0 Å². The molecule has 3 nitrogen and oxygen atoms in total. The first-order valence-corrected chi connectivity index (χ1v) is 5.42. The molecule has 0 radical (unpaired) electrons. The molecule has 1 rings (SSSR count). The number of carbonyl (C=O) groups excluding carboxylic acids is 1. The van der Waals surface area contributed by atoms with Crippen molar-refractivity contribution in [2.24, 2.45) is 17.6 Å². The normalized spacial score (nSPS) is 12.6. The highest BCUT2D eigenvalue weighted by Crippen LogP contribution is 2.19. The molecule has 0 aromatic heterocycles. The lowest BCUT2D eigenvalue weighted by atomic mass is 9.95. The molecular weight excluding hydrogens is 226 g/mol. The highest BCUT2D eigenvalue weighted by molar-refractivity contribution is 5.92. The van der Waals surface area contributed by atoms with Crippen LogP contribution in [0.4, 0.5) is 14.5 Å². The summed E-state index contributed by atoms with van der Waals surface area (Å²) in [5.41, 5.74) is 5.31. The Labute approximate surface area is 99.0 Å². The number of nitrogens with two attached hydrogens (primary N) is 1. The van der Waals surface area contributed by atoms with E-state index in [4.69, 9.17) is 5.73 Å². The van der Waals surface area contributed by atoms with E-state index in [1.807, 2.05) is 13.8 Å². The Morgan fingerprint density at radius 1 is 1.41 bits per heavy atom. The quantitative estimate of drug-likeness (QED) is 0.849. The van der Waals surface area contributed by atoms with E-state index in [2.05, 4.69) is 5.32 Å². The Kier molecular flexibility index (Phi) is 4.57. The fraction of sp³-hybridized carbons (Fsp3) is 0.417. The second kappa shape index (κ2) is 5.72. The lowest BCUT2D eigenvalue weighted by Gasteiger charge is -2.18. The zero-order chi connectivity index (χ0) is 13.0. The second-order valence-corrected chi connectivity index (χ2v) is 4.18. The Balaban J connectivity index is 2.84. The molecule has 1 unspecified atom stereocenters. The molecule has 0 spiro atoms. The molecule has 0 aliphatic heterocycles. The van der Waals surface area contributed by atoms with Crippen LogP contribution in [0.15, 0.2) is 18.2 Å². The maximum absolute atomic E-state index is 13.3. The van der Waals surface area contributed by atoms with Gasteiger partial charge >= 0.3 is 0 Å². The van der Waals surface area contributed by atoms with E-state index in [0.29, 0.717) is 0 Å². The summed E-state index contributed by atoms with van der Waals surface area (Å²) < 4.78 is 26.2. The fourth-order valence-corrected chi connectivity index (χ4v) is 1.51. The number of carbonyl (C=O) groups is 1. The first kappa shape index (κ1) is 13.6. The van der Waals surface area contributed by atoms with Crippen molar-refractivity contribution in [2.75, 3.05) is 11.9 Å². The molecule has 0 saturated heterocycles. The molecule has 0 aliphatic rings. The number of hydrogen-bond donors (Lipinski definition) is 2. The largest absolute Gasteiger partial charge is 0.330 e. The van der Waals surface area contributed by atoms with Gasteiger partial charge in [0.15, 0.2) is 11.6 Å². The van der Waals surface area contributed by atoms with E-state index >= 15 is 0 Å². The Bertz CT molecular complexity index is 407. The van der Waals surface area contributed by atoms with Crippen LogP contribution >= 0.6 is 0 Å². The first-order chi connectivity index (χ1) is 7.97. The van der Waals surface area contributed by atoms with Crippen LogP contribution < -0.4 is 11.1 Å². The molecule has 94 valence electrons. The number of halogens is 2. The minimum Gasteiger partial charge on any atom is -0.330 e. The summed E-state index contributed by atoms with van der Waals surface area (Å²) in [6.45, 7) is 3.86. The molecule has 1 aromatic carbocycles. The topological polar surface area (TPSA) is 55.1 Å². The van der Waals surface area contributed by atoms with E-state index in [-0.39, 0.29) is 18.2 Å². The van der Waals surface area contributed by atoms with Gasteiger partial charge in [0.1, 0.15) is 0 Å². The van der Waals surface area contributed by atoms with E-state index in [9.17, 15) is 13.6 Å². The van der Waals surface area contributed by atoms with Crippen LogP contribution in [0.25, 0.3) is 0 Å². The van der Waals surface area contributed by atoms with Crippen LogP contribution in [-0.4, -0.2) is 12.5 Å². The highest BCUT2D eigenvalue weighted by atomic mass is 19.2. The maximum atomic E-state index is 13.3. The van der Waals surface area contributed by atoms with Crippen LogP contribution in [-0.2, 0) is 4.79 Å². The molecule has 0 bridgehead atoms. The summed E-state index contributed by atoms with van der Waals surface area (Å²) in [5, 5.41) is 2.35. The van der Waals surface area contributed by atoms with Crippen molar-refractivity contribution in [3.63, 3.8) is 0 Å². The van der Waals surface area contributed by atoms with Crippen molar-refractivity contribution in [1.29, 1.82) is 0 Å². The second-order valence-electron chi connectivity index (χ2n) is 4.18. The minimum atomic E-state index is -1.06. The third kappa shape index (κ3) is 3.23. The summed E-state index contributed by atoms with van der Waals surface area (Å²) in [4.78, 5) is 11.8. The number of amides is 1. The monoisotopic (exact) mass is 242 g/mol. The van der Waals surface area contributed by atoms with Crippen molar-refractivity contribution in [3.05, 3.63) is 29.8 Å². The van der Waals surface area contributed by atoms with E-state index < -0.39 is 23.5 Å². The van der Waals surface area contributed by atoms with Crippen LogP contribution in [0.3, 0.4) is 0 Å². The zero-order valence-electron chi connectivity index (χ0n) is 9.84. The highest BCUT2D eigenvalue weighted by Gasteiger charge is 2.21. The van der Waals surface area contributed by atoms with Gasteiger partial charge in [0.25, 0.3) is 0 Å². The van der Waals surface area contributed by atoms with E-state index in [0.717, 1.165) is 6.07 Å². The van der Waals surface area contributed by atoms with Crippen molar-refractivity contribution < 1.29 is 13.6 Å². The standard InChI is InChI=1S/C12H16F2N2O/c1-7(2)8(6-15)12(17)16-10-5-3-4-9(13)11(10)14/h3-5,7-8H,6,15H2,1-2H3,(H,16,17). The number of benzene rings is 1. The number of anilines is 1. The van der Waals surface area contributed by atoms with Gasteiger partial charge < -0.3 is 11.1 Å². The SMILES string of the molecule is CC(C)C(CN)C(=O)Nc1cccc(F)c1F. The third-order valence-electron chi connectivity index (χ3n) is 2.60. The number of rotatable bonds is 4. The first-order valence-electron chi connectivity index (χ1n) is 5.42. The van der Waals surface area contributed by atoms with Gasteiger partial charge in [-0.2, -0.15) is 0 Å². The Hall–Kier alpha value is -1.49. The molecule has 0 saturated carbocycles. The van der Waals surface area contributed by atoms with Gasteiger partial charge in [-0.05, 0) is 18.1 Å². The Morgan fingerprint density at radius 3 is 2.59 bits per heavy atom. The summed E-state index contributed by atoms with van der Waals surface area (Å²) >= 11 is 0. The predicted octanol–water partition coefficient (Wildman–Crippen LogP) is 2.13. The predicted molar refractivity (Wildman–Crippen MR) is 62.4 cm³/mol. The van der Waals surface area contributed by atoms with Gasteiger partial charge in [-0.15, -0.1) is 0 Å². The van der Waals surface area contributed by atoms with Gasteiger partial charge in [-0.1, -0.05) is 19.9 Å². The summed E-state index contributed by atoms with van der Waals surface area (Å²) in [6, 6.07) is 3.64. The van der Waals surface area contributed by atoms with Gasteiger partial charge in [-0.3, -0.25) is 4.79 Å². The molecule has 0 aliphatic carbocycles. The average molecular weight is 242 g/mol. The zero-order valence-corrected chi connectivity index (χ0v) is 9.84. The van der Waals surface area contributed by atoms with Gasteiger partial charge in [-0.25, -0.2) is 8.78 Å². The maximum Gasteiger partial charge on any atom is 0.229 e. The van der Waals surface area contributed by atoms with Crippen molar-refractivity contribution in [2.45, 2.75) is 13.8 Å². The molecule has 1 atom stereocenters. The molecule has 0 fully saturated rings. The minimum absolute atomic E-state index is 0.0385. The Morgan fingerprint density at radius 2 is 2.06 bits per heavy atom. The smallest absolute Gasteiger partial charge is 0.229 e. The lowest BCUT2D eigenvalue weighted by Crippen LogP contribution is -2.33. The molecule has 5 heteroatoms. The van der Waals surface area contributed by atoms with Crippen LogP contribution in [0.5, 0.6) is 0 Å². The van der Waals surface area contributed by atoms with Crippen molar-refractivity contribution in [3.8, 4) is 0 Å². The molecule has 0 heterocycles. The molecule has 1 aromatic rings. The molecular formula is C12H16F2N2O. The third-order valence-corrected chi connectivity index (χ3v) is 2.60. The van der Waals surface area contributed by atoms with Gasteiger partial charge in [0, 0.05) is 6.54 Å². The molecule has 3 N–H and O–H groups in total. The van der Waals surface area contributed by atoms with E-state index in [1.54, 1.807) is 0 Å². The van der Waals surface area contributed by atoms with Gasteiger partial charge in [0.2, 0.25) is 5.91 Å². The number of hydrogen-bond acceptors (Lipinski definition) is 2. The van der Waals surface area contributed by atoms with Crippen LogP contribution in [0.1, 0.15) is 13.8 Å². The van der Waals surface area contributed by atoms with Crippen LogP contribution in [0, 0.1) is 23.5 Å². The summed E-state index contributed by atoms with van der Waals surface area (Å²) in [7, 11) is 0. The van der Waals surface area contributed by atoms with E-state index in [1.165, 1.54) is 12.1 Å². The van der Waals surface area contributed by atoms with Crippen molar-refractivity contribution in [1.82, 2.24) is 0 Å². The number of nitrogens with one attached hydrogen (secondary N) is 1. The van der Waals surface area contributed by atoms with Crippen molar-refractivity contribution >= 4 is 11.6 Å². The average Bonchev–Trinajstić information content (AvgIpc) is 2.25. The molecule has 1 amide bonds. The summed E-state index contributed by atoms with van der Waals surface area (Å²) in [6.07, 6.45) is 0. The molecule has 17 heavy (non-hydrogen) atoms. The summed E-state index contributed by atoms with van der Waals surface area (Å²) in [5.74, 6) is -2.82.